The lowest BCUT2D eigenvalue weighted by Gasteiger charge is -2.43. The van der Waals surface area contributed by atoms with Gasteiger partial charge in [0.05, 0.1) is 5.25 Å². The van der Waals surface area contributed by atoms with Crippen molar-refractivity contribution >= 4 is 34.4 Å². The van der Waals surface area contributed by atoms with Crippen molar-refractivity contribution in [3.8, 4) is 0 Å². The minimum Gasteiger partial charge on any atom is -0.479 e. The van der Waals surface area contributed by atoms with Crippen molar-refractivity contribution in [2.24, 2.45) is 0 Å². The van der Waals surface area contributed by atoms with E-state index in [0.29, 0.717) is 24.1 Å². The maximum absolute atomic E-state index is 13.2. The summed E-state index contributed by atoms with van der Waals surface area (Å²) < 4.78 is 0. The van der Waals surface area contributed by atoms with Crippen LogP contribution in [0.25, 0.3) is 0 Å². The van der Waals surface area contributed by atoms with Gasteiger partial charge in [-0.25, -0.2) is 4.79 Å². The Balaban J connectivity index is 1.90. The average molecular weight is 384 g/mol. The van der Waals surface area contributed by atoms with Crippen LogP contribution in [0.15, 0.2) is 48.8 Å². The number of aliphatic carboxylic acids is 1. The number of rotatable bonds is 4. The number of fused-ring (bicyclic) bond motifs is 1. The fourth-order valence-electron chi connectivity index (χ4n) is 3.20. The Bertz CT molecular complexity index is 887. The van der Waals surface area contributed by atoms with Crippen LogP contribution in [-0.2, 0) is 16.0 Å². The summed E-state index contributed by atoms with van der Waals surface area (Å²) in [5.74, 6) is -1.45. The number of carbonyl (C=O) groups excluding carboxylic acids is 2. The summed E-state index contributed by atoms with van der Waals surface area (Å²) in [6, 6.07) is 10.6. The largest absolute Gasteiger partial charge is 0.479 e. The first-order valence-electron chi connectivity index (χ1n) is 8.61. The Hall–Kier alpha value is -2.67. The number of benzene rings is 1. The van der Waals surface area contributed by atoms with Crippen molar-refractivity contribution in [3.63, 3.8) is 0 Å². The first-order valence-corrected chi connectivity index (χ1v) is 9.49. The number of para-hydroxylation sites is 1. The Morgan fingerprint density at radius 1 is 1.22 bits per heavy atom. The summed E-state index contributed by atoms with van der Waals surface area (Å²) in [5, 5.41) is 8.80. The predicted octanol–water partition coefficient (Wildman–Crippen LogP) is 3.17. The average Bonchev–Trinajstić information content (AvgIpc) is 2.67. The fraction of sp³-hybridized carbons (Fsp3) is 0.300. The molecule has 0 saturated carbocycles. The number of hydrogen-bond donors (Lipinski definition) is 1. The van der Waals surface area contributed by atoms with Gasteiger partial charge in [0.15, 0.2) is 0 Å². The van der Waals surface area contributed by atoms with Gasteiger partial charge in [0.1, 0.15) is 5.54 Å². The van der Waals surface area contributed by atoms with Crippen LogP contribution in [0.3, 0.4) is 0 Å². The maximum atomic E-state index is 13.2. The van der Waals surface area contributed by atoms with Crippen LogP contribution >= 0.6 is 11.8 Å². The molecule has 0 spiro atoms. The lowest BCUT2D eigenvalue weighted by atomic mass is 9.85. The van der Waals surface area contributed by atoms with Gasteiger partial charge < -0.3 is 5.11 Å². The lowest BCUT2D eigenvalue weighted by Crippen LogP contribution is -2.59. The molecule has 0 fully saturated rings. The molecule has 1 amide bonds. The zero-order valence-electron chi connectivity index (χ0n) is 15.1. The normalized spacial score (nSPS) is 19.9. The van der Waals surface area contributed by atoms with Crippen molar-refractivity contribution in [2.45, 2.75) is 37.5 Å². The van der Waals surface area contributed by atoms with Crippen LogP contribution in [0.1, 0.15) is 36.2 Å². The van der Waals surface area contributed by atoms with Crippen molar-refractivity contribution in [3.05, 3.63) is 59.9 Å². The van der Waals surface area contributed by atoms with Crippen molar-refractivity contribution < 1.29 is 19.5 Å². The molecule has 1 aromatic heterocycles. The SMILES string of the molecule is CC(SC(=O)c1cccnc1)C(=O)N1c2ccccc2CCC1(C)C(=O)O. The molecule has 0 aliphatic carbocycles. The number of carboxylic acid groups (broad SMARTS) is 1. The van der Waals surface area contributed by atoms with Crippen LogP contribution in [0, 0.1) is 0 Å². The summed E-state index contributed by atoms with van der Waals surface area (Å²) >= 11 is 0.878. The molecule has 1 N–H and O–H groups in total. The second-order valence-electron chi connectivity index (χ2n) is 6.67. The molecule has 2 atom stereocenters. The van der Waals surface area contributed by atoms with E-state index in [1.807, 2.05) is 12.1 Å². The van der Waals surface area contributed by atoms with E-state index in [4.69, 9.17) is 0 Å². The number of amides is 1. The third kappa shape index (κ3) is 3.60. The zero-order chi connectivity index (χ0) is 19.6. The number of aryl methyl sites for hydroxylation is 1. The second kappa shape index (κ2) is 7.52. The molecular formula is C20H20N2O4S. The number of pyridine rings is 1. The van der Waals surface area contributed by atoms with Crippen LogP contribution in [0.5, 0.6) is 0 Å². The third-order valence-corrected chi connectivity index (χ3v) is 5.82. The second-order valence-corrected chi connectivity index (χ2v) is 7.98. The third-order valence-electron chi connectivity index (χ3n) is 4.82. The molecule has 3 rings (SSSR count). The molecule has 7 heteroatoms. The summed E-state index contributed by atoms with van der Waals surface area (Å²) in [6.07, 6.45) is 3.92. The Labute approximate surface area is 161 Å². The first kappa shape index (κ1) is 19.1. The highest BCUT2D eigenvalue weighted by Gasteiger charge is 2.47. The molecule has 0 radical (unpaired) electrons. The van der Waals surface area contributed by atoms with Gasteiger partial charge in [-0.1, -0.05) is 30.0 Å². The Morgan fingerprint density at radius 2 is 1.96 bits per heavy atom. The van der Waals surface area contributed by atoms with E-state index in [1.54, 1.807) is 44.3 Å². The molecule has 2 heterocycles. The van der Waals surface area contributed by atoms with E-state index in [1.165, 1.54) is 11.1 Å². The highest BCUT2D eigenvalue weighted by molar-refractivity contribution is 8.15. The number of thioether (sulfide) groups is 1. The number of hydrogen-bond acceptors (Lipinski definition) is 5. The lowest BCUT2D eigenvalue weighted by molar-refractivity contribution is -0.145. The Morgan fingerprint density at radius 3 is 2.63 bits per heavy atom. The van der Waals surface area contributed by atoms with Crippen molar-refractivity contribution in [1.82, 2.24) is 4.98 Å². The van der Waals surface area contributed by atoms with E-state index in [0.717, 1.165) is 17.3 Å². The number of nitrogens with zero attached hydrogens (tertiary/aromatic N) is 2. The van der Waals surface area contributed by atoms with Crippen LogP contribution in [0.2, 0.25) is 0 Å². The minimum atomic E-state index is -1.35. The van der Waals surface area contributed by atoms with Gasteiger partial charge in [0.2, 0.25) is 11.0 Å². The molecule has 2 aromatic rings. The fourth-order valence-corrected chi connectivity index (χ4v) is 3.99. The number of aromatic nitrogens is 1. The van der Waals surface area contributed by atoms with Gasteiger partial charge in [-0.15, -0.1) is 0 Å². The van der Waals surface area contributed by atoms with E-state index >= 15 is 0 Å². The molecule has 1 aliphatic heterocycles. The van der Waals surface area contributed by atoms with Gasteiger partial charge in [0, 0.05) is 23.6 Å². The van der Waals surface area contributed by atoms with Gasteiger partial charge in [0.25, 0.3) is 0 Å². The van der Waals surface area contributed by atoms with Crippen LogP contribution < -0.4 is 4.90 Å². The molecule has 27 heavy (non-hydrogen) atoms. The van der Waals surface area contributed by atoms with Gasteiger partial charge >= 0.3 is 5.97 Å². The van der Waals surface area contributed by atoms with Gasteiger partial charge in [-0.2, -0.15) is 0 Å². The monoisotopic (exact) mass is 384 g/mol. The summed E-state index contributed by atoms with van der Waals surface area (Å²) in [4.78, 5) is 42.9. The van der Waals surface area contributed by atoms with E-state index in [-0.39, 0.29) is 5.12 Å². The Kier molecular flexibility index (Phi) is 5.32. The smallest absolute Gasteiger partial charge is 0.329 e. The number of carbonyl (C=O) groups is 3. The molecule has 0 bridgehead atoms. The van der Waals surface area contributed by atoms with Crippen molar-refractivity contribution in [1.29, 1.82) is 0 Å². The zero-order valence-corrected chi connectivity index (χ0v) is 15.9. The first-order chi connectivity index (χ1) is 12.8. The van der Waals surface area contributed by atoms with Gasteiger partial charge in [-0.3, -0.25) is 19.5 Å². The molecule has 1 aliphatic rings. The summed E-state index contributed by atoms with van der Waals surface area (Å²) in [6.45, 7) is 3.18. The number of anilines is 1. The predicted molar refractivity (Wildman–Crippen MR) is 104 cm³/mol. The van der Waals surface area contributed by atoms with E-state index in [2.05, 4.69) is 4.98 Å². The van der Waals surface area contributed by atoms with Gasteiger partial charge in [-0.05, 0) is 50.5 Å². The van der Waals surface area contributed by atoms with E-state index < -0.39 is 22.7 Å². The molecule has 0 saturated heterocycles. The molecular weight excluding hydrogens is 364 g/mol. The summed E-state index contributed by atoms with van der Waals surface area (Å²) in [7, 11) is 0. The summed E-state index contributed by atoms with van der Waals surface area (Å²) in [5.41, 5.74) is 0.583. The van der Waals surface area contributed by atoms with Crippen molar-refractivity contribution in [2.75, 3.05) is 4.90 Å². The van der Waals surface area contributed by atoms with E-state index in [9.17, 15) is 19.5 Å². The quantitative estimate of drug-likeness (QED) is 0.871. The maximum Gasteiger partial charge on any atom is 0.329 e. The standard InChI is InChI=1S/C20H20N2O4S/c1-13(27-18(24)15-7-5-11-21-12-15)17(23)22-16-8-4-3-6-14(16)9-10-20(22,2)19(25)26/h3-8,11-13H,9-10H2,1-2H3,(H,25,26). The molecule has 1 aromatic carbocycles. The molecule has 140 valence electrons. The minimum absolute atomic E-state index is 0.272. The van der Waals surface area contributed by atoms with Crippen LogP contribution in [-0.4, -0.2) is 37.9 Å². The molecule has 2 unspecified atom stereocenters. The highest BCUT2D eigenvalue weighted by atomic mass is 32.2. The highest BCUT2D eigenvalue weighted by Crippen LogP contribution is 2.38. The van der Waals surface area contributed by atoms with Crippen LogP contribution in [0.4, 0.5) is 5.69 Å². The number of carboxylic acids is 1. The molecule has 6 nitrogen and oxygen atoms in total. The topological polar surface area (TPSA) is 87.6 Å².